The minimum atomic E-state index is -0.0935. The molecule has 6 nitrogen and oxygen atoms in total. The summed E-state index contributed by atoms with van der Waals surface area (Å²) in [5, 5.41) is 10.5. The van der Waals surface area contributed by atoms with Crippen molar-refractivity contribution in [3.05, 3.63) is 23.8 Å². The normalized spacial score (nSPS) is 23.4. The van der Waals surface area contributed by atoms with Crippen molar-refractivity contribution in [2.75, 3.05) is 6.61 Å². The van der Waals surface area contributed by atoms with E-state index in [1.54, 1.807) is 18.2 Å². The Kier molecular flexibility index (Phi) is 3.16. The molecule has 2 unspecified atom stereocenters. The molecule has 0 spiro atoms. The van der Waals surface area contributed by atoms with Gasteiger partial charge in [0.15, 0.2) is 0 Å². The Hall–Kier alpha value is -1.95. The van der Waals surface area contributed by atoms with Gasteiger partial charge in [-0.1, -0.05) is 0 Å². The molecule has 1 aliphatic rings. The Morgan fingerprint density at radius 1 is 1.37 bits per heavy atom. The lowest BCUT2D eigenvalue weighted by molar-refractivity contribution is 0.0136. The summed E-state index contributed by atoms with van der Waals surface area (Å²) in [6.45, 7) is 2.71. The molecule has 100 valence electrons. The maximum Gasteiger partial charge on any atom is 0.251 e. The average Bonchev–Trinajstić information content (AvgIpc) is 2.85. The zero-order valence-corrected chi connectivity index (χ0v) is 10.6. The molecule has 0 bridgehead atoms. The van der Waals surface area contributed by atoms with Gasteiger partial charge in [0.2, 0.25) is 0 Å². The summed E-state index contributed by atoms with van der Waals surface area (Å²) in [5.41, 5.74) is 1.81. The highest BCUT2D eigenvalue weighted by atomic mass is 16.6. The molecule has 2 atom stereocenters. The highest BCUT2D eigenvalue weighted by Crippen LogP contribution is 2.15. The Morgan fingerprint density at radius 2 is 2.21 bits per heavy atom. The van der Waals surface area contributed by atoms with Crippen LogP contribution in [0.3, 0.4) is 0 Å². The number of benzene rings is 1. The van der Waals surface area contributed by atoms with Gasteiger partial charge >= 0.3 is 0 Å². The highest BCUT2D eigenvalue weighted by molar-refractivity contribution is 5.97. The Balaban J connectivity index is 1.72. The maximum absolute atomic E-state index is 12.2. The third-order valence-electron chi connectivity index (χ3n) is 3.34. The lowest BCUT2D eigenvalue weighted by Gasteiger charge is -2.27. The standard InChI is InChI=1S/C13H15N3O3/c1-8-6-10(4-5-18-8)14-13(17)9-2-3-11-12(7-9)16-19-15-11/h2-3,7-8,10H,4-6H2,1H3,(H,14,17). The molecule has 19 heavy (non-hydrogen) atoms. The second-order valence-corrected chi connectivity index (χ2v) is 4.84. The number of hydrogen-bond acceptors (Lipinski definition) is 5. The van der Waals surface area contributed by atoms with E-state index in [0.717, 1.165) is 12.8 Å². The molecular formula is C13H15N3O3. The molecule has 2 aromatic rings. The average molecular weight is 261 g/mol. The van der Waals surface area contributed by atoms with Gasteiger partial charge in [-0.15, -0.1) is 0 Å². The molecule has 2 heterocycles. The van der Waals surface area contributed by atoms with Crippen LogP contribution in [0.2, 0.25) is 0 Å². The summed E-state index contributed by atoms with van der Waals surface area (Å²) < 4.78 is 10.1. The number of aromatic nitrogens is 2. The van der Waals surface area contributed by atoms with Crippen molar-refractivity contribution in [2.45, 2.75) is 31.9 Å². The van der Waals surface area contributed by atoms with Gasteiger partial charge in [-0.3, -0.25) is 4.79 Å². The van der Waals surface area contributed by atoms with E-state index in [-0.39, 0.29) is 18.1 Å². The number of fused-ring (bicyclic) bond motifs is 1. The number of carbonyl (C=O) groups is 1. The van der Waals surface area contributed by atoms with Crippen molar-refractivity contribution >= 4 is 16.9 Å². The summed E-state index contributed by atoms with van der Waals surface area (Å²) in [7, 11) is 0. The number of amides is 1. The molecular weight excluding hydrogens is 246 g/mol. The van der Waals surface area contributed by atoms with E-state index in [0.29, 0.717) is 23.2 Å². The smallest absolute Gasteiger partial charge is 0.251 e. The van der Waals surface area contributed by atoms with Crippen molar-refractivity contribution in [3.8, 4) is 0 Å². The minimum absolute atomic E-state index is 0.0935. The Morgan fingerprint density at radius 3 is 3.05 bits per heavy atom. The largest absolute Gasteiger partial charge is 0.378 e. The van der Waals surface area contributed by atoms with E-state index in [4.69, 9.17) is 4.74 Å². The van der Waals surface area contributed by atoms with E-state index < -0.39 is 0 Å². The Labute approximate surface area is 110 Å². The zero-order valence-electron chi connectivity index (χ0n) is 10.6. The molecule has 6 heteroatoms. The van der Waals surface area contributed by atoms with Crippen LogP contribution in [-0.2, 0) is 4.74 Å². The SMILES string of the molecule is CC1CC(NC(=O)c2ccc3nonc3c2)CCO1. The fourth-order valence-corrected chi connectivity index (χ4v) is 2.32. The number of nitrogens with zero attached hydrogens (tertiary/aromatic N) is 2. The van der Waals surface area contributed by atoms with Crippen molar-refractivity contribution in [3.63, 3.8) is 0 Å². The topological polar surface area (TPSA) is 77.3 Å². The molecule has 0 aliphatic carbocycles. The van der Waals surface area contributed by atoms with E-state index in [9.17, 15) is 4.79 Å². The first-order valence-corrected chi connectivity index (χ1v) is 6.37. The molecule has 1 fully saturated rings. The van der Waals surface area contributed by atoms with Crippen LogP contribution in [0.15, 0.2) is 22.8 Å². The number of hydrogen-bond donors (Lipinski definition) is 1. The van der Waals surface area contributed by atoms with Crippen molar-refractivity contribution < 1.29 is 14.2 Å². The predicted molar refractivity (Wildman–Crippen MR) is 67.7 cm³/mol. The number of carbonyl (C=O) groups excluding carboxylic acids is 1. The van der Waals surface area contributed by atoms with E-state index in [2.05, 4.69) is 20.3 Å². The second kappa shape index (κ2) is 4.97. The van der Waals surface area contributed by atoms with Gasteiger partial charge in [0.25, 0.3) is 5.91 Å². The van der Waals surface area contributed by atoms with Crippen LogP contribution in [0.5, 0.6) is 0 Å². The fraction of sp³-hybridized carbons (Fsp3) is 0.462. The quantitative estimate of drug-likeness (QED) is 0.886. The summed E-state index contributed by atoms with van der Waals surface area (Å²) in [6, 6.07) is 5.31. The van der Waals surface area contributed by atoms with Crippen LogP contribution in [0.4, 0.5) is 0 Å². The first-order valence-electron chi connectivity index (χ1n) is 6.37. The maximum atomic E-state index is 12.2. The lowest BCUT2D eigenvalue weighted by atomic mass is 10.0. The van der Waals surface area contributed by atoms with Crippen molar-refractivity contribution in [1.29, 1.82) is 0 Å². The van der Waals surface area contributed by atoms with Crippen LogP contribution in [-0.4, -0.2) is 35.0 Å². The minimum Gasteiger partial charge on any atom is -0.378 e. The molecule has 1 N–H and O–H groups in total. The third kappa shape index (κ3) is 2.58. The monoisotopic (exact) mass is 261 g/mol. The molecule has 3 rings (SSSR count). The summed E-state index contributed by atoms with van der Waals surface area (Å²) in [5.74, 6) is -0.0935. The first kappa shape index (κ1) is 12.1. The lowest BCUT2D eigenvalue weighted by Crippen LogP contribution is -2.41. The van der Waals surface area contributed by atoms with Gasteiger partial charge < -0.3 is 10.1 Å². The summed E-state index contributed by atoms with van der Waals surface area (Å²) in [4.78, 5) is 12.2. The fourth-order valence-electron chi connectivity index (χ4n) is 2.32. The molecule has 1 saturated heterocycles. The van der Waals surface area contributed by atoms with Gasteiger partial charge in [0.1, 0.15) is 11.0 Å². The number of ether oxygens (including phenoxy) is 1. The number of rotatable bonds is 2. The van der Waals surface area contributed by atoms with Crippen LogP contribution in [0.25, 0.3) is 11.0 Å². The van der Waals surface area contributed by atoms with Crippen LogP contribution in [0, 0.1) is 0 Å². The highest BCUT2D eigenvalue weighted by Gasteiger charge is 2.21. The van der Waals surface area contributed by atoms with Crippen LogP contribution in [0.1, 0.15) is 30.1 Å². The van der Waals surface area contributed by atoms with Crippen molar-refractivity contribution in [1.82, 2.24) is 15.6 Å². The van der Waals surface area contributed by atoms with E-state index >= 15 is 0 Å². The molecule has 1 aromatic heterocycles. The van der Waals surface area contributed by atoms with Gasteiger partial charge in [-0.2, -0.15) is 0 Å². The van der Waals surface area contributed by atoms with E-state index in [1.807, 2.05) is 6.92 Å². The summed E-state index contributed by atoms with van der Waals surface area (Å²) >= 11 is 0. The number of nitrogens with one attached hydrogen (secondary N) is 1. The van der Waals surface area contributed by atoms with E-state index in [1.165, 1.54) is 0 Å². The van der Waals surface area contributed by atoms with Gasteiger partial charge in [-0.05, 0) is 48.3 Å². The molecule has 0 radical (unpaired) electrons. The zero-order chi connectivity index (χ0) is 13.2. The molecule has 1 aromatic carbocycles. The van der Waals surface area contributed by atoms with Gasteiger partial charge in [-0.25, -0.2) is 4.63 Å². The predicted octanol–water partition coefficient (Wildman–Crippen LogP) is 1.52. The summed E-state index contributed by atoms with van der Waals surface area (Å²) in [6.07, 6.45) is 1.89. The van der Waals surface area contributed by atoms with Crippen molar-refractivity contribution in [2.24, 2.45) is 0 Å². The van der Waals surface area contributed by atoms with Gasteiger partial charge in [0, 0.05) is 18.2 Å². The van der Waals surface area contributed by atoms with Gasteiger partial charge in [0.05, 0.1) is 6.10 Å². The molecule has 1 aliphatic heterocycles. The Bertz CT molecular complexity index is 596. The first-order chi connectivity index (χ1) is 9.22. The van der Waals surface area contributed by atoms with Crippen LogP contribution >= 0.6 is 0 Å². The third-order valence-corrected chi connectivity index (χ3v) is 3.34. The molecule has 1 amide bonds. The second-order valence-electron chi connectivity index (χ2n) is 4.84. The van der Waals surface area contributed by atoms with Crippen LogP contribution < -0.4 is 5.32 Å². The molecule has 0 saturated carbocycles.